The first kappa shape index (κ1) is 12.2. The van der Waals surface area contributed by atoms with Crippen LogP contribution in [-0.4, -0.2) is 18.3 Å². The van der Waals surface area contributed by atoms with E-state index in [4.69, 9.17) is 9.57 Å². The maximum Gasteiger partial charge on any atom is 0.355 e. The Kier molecular flexibility index (Phi) is 5.05. The minimum absolute atomic E-state index is 0.220. The molecule has 16 heavy (non-hydrogen) atoms. The molecule has 0 unspecified atom stereocenters. The highest BCUT2D eigenvalue weighted by atomic mass is 16.6. The second kappa shape index (κ2) is 6.61. The molecule has 4 nitrogen and oxygen atoms in total. The van der Waals surface area contributed by atoms with Crippen LogP contribution in [0.4, 0.5) is 0 Å². The summed E-state index contributed by atoms with van der Waals surface area (Å²) in [4.78, 5) is 16.2. The second-order valence-electron chi connectivity index (χ2n) is 3.16. The van der Waals surface area contributed by atoms with Gasteiger partial charge in [0.25, 0.3) is 0 Å². The predicted octanol–water partition coefficient (Wildman–Crippen LogP) is 2.14. The van der Waals surface area contributed by atoms with Gasteiger partial charge >= 0.3 is 5.97 Å². The molecule has 0 atom stereocenters. The second-order valence-corrected chi connectivity index (χ2v) is 3.16. The SMILES string of the molecule is CCOC(=O)C(C)=NOCc1ccccc1. The van der Waals surface area contributed by atoms with Gasteiger partial charge in [0.2, 0.25) is 0 Å². The zero-order chi connectivity index (χ0) is 11.8. The molecule has 0 heterocycles. The van der Waals surface area contributed by atoms with E-state index in [-0.39, 0.29) is 5.71 Å². The van der Waals surface area contributed by atoms with E-state index in [0.29, 0.717) is 13.2 Å². The normalized spacial score (nSPS) is 11.0. The first-order valence-corrected chi connectivity index (χ1v) is 5.11. The standard InChI is InChI=1S/C12H15NO3/c1-3-15-12(14)10(2)13-16-9-11-7-5-4-6-8-11/h4-8H,3,9H2,1-2H3. The Balaban J connectivity index is 2.39. The number of hydrogen-bond donors (Lipinski definition) is 0. The molecule has 0 aliphatic rings. The highest BCUT2D eigenvalue weighted by molar-refractivity contribution is 6.35. The fourth-order valence-corrected chi connectivity index (χ4v) is 1.05. The van der Waals surface area contributed by atoms with Crippen LogP contribution >= 0.6 is 0 Å². The third-order valence-corrected chi connectivity index (χ3v) is 1.85. The van der Waals surface area contributed by atoms with Crippen LogP contribution in [0.2, 0.25) is 0 Å². The van der Waals surface area contributed by atoms with E-state index < -0.39 is 5.97 Å². The van der Waals surface area contributed by atoms with Crippen LogP contribution in [0.15, 0.2) is 35.5 Å². The lowest BCUT2D eigenvalue weighted by molar-refractivity contribution is -0.135. The van der Waals surface area contributed by atoms with E-state index in [1.807, 2.05) is 30.3 Å². The average molecular weight is 221 g/mol. The molecule has 1 aromatic rings. The molecule has 0 aromatic heterocycles. The molecule has 0 spiro atoms. The fourth-order valence-electron chi connectivity index (χ4n) is 1.05. The molecule has 0 radical (unpaired) electrons. The summed E-state index contributed by atoms with van der Waals surface area (Å²) in [6.07, 6.45) is 0. The van der Waals surface area contributed by atoms with Crippen molar-refractivity contribution in [1.29, 1.82) is 0 Å². The number of rotatable bonds is 5. The number of nitrogens with zero attached hydrogens (tertiary/aromatic N) is 1. The lowest BCUT2D eigenvalue weighted by Gasteiger charge is -2.02. The molecule has 1 aromatic carbocycles. The van der Waals surface area contributed by atoms with Gasteiger partial charge in [0.15, 0.2) is 5.71 Å². The zero-order valence-corrected chi connectivity index (χ0v) is 9.47. The predicted molar refractivity (Wildman–Crippen MR) is 61.0 cm³/mol. The molecule has 0 aliphatic heterocycles. The van der Waals surface area contributed by atoms with Crippen LogP contribution in [0.25, 0.3) is 0 Å². The fraction of sp³-hybridized carbons (Fsp3) is 0.333. The van der Waals surface area contributed by atoms with Crippen LogP contribution in [0.3, 0.4) is 0 Å². The highest BCUT2D eigenvalue weighted by Crippen LogP contribution is 2.00. The van der Waals surface area contributed by atoms with Crippen molar-refractivity contribution in [3.8, 4) is 0 Å². The summed E-state index contributed by atoms with van der Waals surface area (Å²) < 4.78 is 4.76. The summed E-state index contributed by atoms with van der Waals surface area (Å²) in [6.45, 7) is 3.99. The number of esters is 1. The lowest BCUT2D eigenvalue weighted by atomic mass is 10.2. The van der Waals surface area contributed by atoms with E-state index in [1.54, 1.807) is 13.8 Å². The van der Waals surface area contributed by atoms with Gasteiger partial charge in [-0.3, -0.25) is 0 Å². The van der Waals surface area contributed by atoms with E-state index in [2.05, 4.69) is 5.16 Å². The number of oxime groups is 1. The topological polar surface area (TPSA) is 47.9 Å². The largest absolute Gasteiger partial charge is 0.461 e. The van der Waals surface area contributed by atoms with Crippen LogP contribution in [0.1, 0.15) is 19.4 Å². The molecule has 0 aliphatic carbocycles. The molecule has 86 valence electrons. The van der Waals surface area contributed by atoms with Crippen molar-refractivity contribution in [2.24, 2.45) is 5.16 Å². The van der Waals surface area contributed by atoms with Crippen molar-refractivity contribution in [1.82, 2.24) is 0 Å². The monoisotopic (exact) mass is 221 g/mol. The minimum Gasteiger partial charge on any atom is -0.461 e. The van der Waals surface area contributed by atoms with E-state index >= 15 is 0 Å². The van der Waals surface area contributed by atoms with Crippen molar-refractivity contribution < 1.29 is 14.4 Å². The average Bonchev–Trinajstić information content (AvgIpc) is 2.30. The molecule has 4 heteroatoms. The van der Waals surface area contributed by atoms with E-state index in [1.165, 1.54) is 0 Å². The highest BCUT2D eigenvalue weighted by Gasteiger charge is 2.06. The number of carbonyl (C=O) groups is 1. The quantitative estimate of drug-likeness (QED) is 0.435. The van der Waals surface area contributed by atoms with Gasteiger partial charge in [0.1, 0.15) is 6.61 Å². The Morgan fingerprint density at radius 3 is 2.62 bits per heavy atom. The first-order chi connectivity index (χ1) is 7.74. The Hall–Kier alpha value is -1.84. The van der Waals surface area contributed by atoms with Gasteiger partial charge in [-0.15, -0.1) is 0 Å². The maximum atomic E-state index is 11.2. The Morgan fingerprint density at radius 1 is 1.31 bits per heavy atom. The van der Waals surface area contributed by atoms with Crippen molar-refractivity contribution in [3.63, 3.8) is 0 Å². The molecule has 1 rings (SSSR count). The summed E-state index contributed by atoms with van der Waals surface area (Å²) in [5.74, 6) is -0.449. The maximum absolute atomic E-state index is 11.2. The van der Waals surface area contributed by atoms with Crippen molar-refractivity contribution >= 4 is 11.7 Å². The first-order valence-electron chi connectivity index (χ1n) is 5.11. The number of carbonyl (C=O) groups excluding carboxylic acids is 1. The van der Waals surface area contributed by atoms with E-state index in [0.717, 1.165) is 5.56 Å². The molecule has 0 saturated heterocycles. The minimum atomic E-state index is -0.449. The molecular weight excluding hydrogens is 206 g/mol. The van der Waals surface area contributed by atoms with E-state index in [9.17, 15) is 4.79 Å². The van der Waals surface area contributed by atoms with Crippen LogP contribution < -0.4 is 0 Å². The Bertz CT molecular complexity index is 360. The smallest absolute Gasteiger partial charge is 0.355 e. The van der Waals surface area contributed by atoms with Gasteiger partial charge in [0, 0.05) is 0 Å². The van der Waals surface area contributed by atoms with Crippen LogP contribution in [0.5, 0.6) is 0 Å². The number of benzene rings is 1. The molecule has 0 amide bonds. The Labute approximate surface area is 94.9 Å². The number of ether oxygens (including phenoxy) is 1. The number of hydrogen-bond acceptors (Lipinski definition) is 4. The van der Waals surface area contributed by atoms with Gasteiger partial charge in [-0.25, -0.2) is 4.79 Å². The summed E-state index contributed by atoms with van der Waals surface area (Å²) >= 11 is 0. The van der Waals surface area contributed by atoms with Crippen LogP contribution in [0, 0.1) is 0 Å². The molecule has 0 bridgehead atoms. The van der Waals surface area contributed by atoms with Gasteiger partial charge in [-0.1, -0.05) is 35.5 Å². The molecule has 0 N–H and O–H groups in total. The van der Waals surface area contributed by atoms with Gasteiger partial charge < -0.3 is 9.57 Å². The Morgan fingerprint density at radius 2 is 2.00 bits per heavy atom. The summed E-state index contributed by atoms with van der Waals surface area (Å²) in [6, 6.07) is 9.61. The third-order valence-electron chi connectivity index (χ3n) is 1.85. The van der Waals surface area contributed by atoms with Gasteiger partial charge in [-0.2, -0.15) is 0 Å². The van der Waals surface area contributed by atoms with Gasteiger partial charge in [0.05, 0.1) is 6.61 Å². The summed E-state index contributed by atoms with van der Waals surface area (Å²) in [5, 5.41) is 3.68. The third kappa shape index (κ3) is 4.13. The van der Waals surface area contributed by atoms with Crippen molar-refractivity contribution in [2.75, 3.05) is 6.61 Å². The van der Waals surface area contributed by atoms with Crippen molar-refractivity contribution in [3.05, 3.63) is 35.9 Å². The van der Waals surface area contributed by atoms with Crippen molar-refractivity contribution in [2.45, 2.75) is 20.5 Å². The summed E-state index contributed by atoms with van der Waals surface area (Å²) in [7, 11) is 0. The molecular formula is C12H15NO3. The zero-order valence-electron chi connectivity index (χ0n) is 9.47. The van der Waals surface area contributed by atoms with Crippen LogP contribution in [-0.2, 0) is 21.0 Å². The summed E-state index contributed by atoms with van der Waals surface area (Å²) in [5.41, 5.74) is 1.22. The molecule has 0 saturated carbocycles. The lowest BCUT2D eigenvalue weighted by Crippen LogP contribution is -2.14. The molecule has 0 fully saturated rings. The van der Waals surface area contributed by atoms with Gasteiger partial charge in [-0.05, 0) is 19.4 Å².